The van der Waals surface area contributed by atoms with Gasteiger partial charge >= 0.3 is 0 Å². The first-order chi connectivity index (χ1) is 10.4. The summed E-state index contributed by atoms with van der Waals surface area (Å²) in [5, 5.41) is 10.1. The van der Waals surface area contributed by atoms with Crippen molar-refractivity contribution in [1.29, 1.82) is 0 Å². The van der Waals surface area contributed by atoms with Crippen molar-refractivity contribution < 1.29 is 9.90 Å². The summed E-state index contributed by atoms with van der Waals surface area (Å²) in [6, 6.07) is 0. The maximum absolute atomic E-state index is 13.1. The summed E-state index contributed by atoms with van der Waals surface area (Å²) in [6.07, 6.45) is 9.62. The molecular weight excluding hydrogens is 272 g/mol. The van der Waals surface area contributed by atoms with E-state index in [0.717, 1.165) is 19.3 Å². The van der Waals surface area contributed by atoms with Crippen molar-refractivity contribution in [3.63, 3.8) is 0 Å². The van der Waals surface area contributed by atoms with Crippen molar-refractivity contribution in [2.45, 2.75) is 72.1 Å². The number of carbonyl (C=O) groups is 1. The van der Waals surface area contributed by atoms with E-state index in [-0.39, 0.29) is 16.2 Å². The van der Waals surface area contributed by atoms with Crippen LogP contribution in [0.4, 0.5) is 0 Å². The smallest absolute Gasteiger partial charge is 0.142 e. The summed E-state index contributed by atoms with van der Waals surface area (Å²) in [5.74, 6) is 2.76. The van der Waals surface area contributed by atoms with E-state index >= 15 is 0 Å². The molecule has 22 heavy (non-hydrogen) atoms. The van der Waals surface area contributed by atoms with Crippen LogP contribution >= 0.6 is 0 Å². The fourth-order valence-electron chi connectivity index (χ4n) is 7.80. The minimum absolute atomic E-state index is 0.0152. The van der Waals surface area contributed by atoms with Gasteiger partial charge in [-0.3, -0.25) is 4.79 Å². The van der Waals surface area contributed by atoms with Gasteiger partial charge in [0.15, 0.2) is 0 Å². The number of aliphatic hydroxyl groups excluding tert-OH is 1. The number of hydrogen-bond donors (Lipinski definition) is 1. The molecule has 0 saturated heterocycles. The van der Waals surface area contributed by atoms with Crippen LogP contribution in [0.2, 0.25) is 0 Å². The molecule has 2 nitrogen and oxygen atoms in total. The Morgan fingerprint density at radius 1 is 1.09 bits per heavy atom. The van der Waals surface area contributed by atoms with Crippen LogP contribution in [0.3, 0.4) is 0 Å². The van der Waals surface area contributed by atoms with E-state index in [1.54, 1.807) is 0 Å². The van der Waals surface area contributed by atoms with E-state index in [4.69, 9.17) is 0 Å². The largest absolute Gasteiger partial charge is 0.396 e. The molecule has 0 unspecified atom stereocenters. The van der Waals surface area contributed by atoms with Gasteiger partial charge in [0.25, 0.3) is 0 Å². The Morgan fingerprint density at radius 2 is 1.86 bits per heavy atom. The molecule has 0 radical (unpaired) electrons. The van der Waals surface area contributed by atoms with Gasteiger partial charge in [-0.15, -0.1) is 0 Å². The van der Waals surface area contributed by atoms with Crippen molar-refractivity contribution >= 4 is 5.78 Å². The molecule has 124 valence electrons. The molecule has 4 saturated carbocycles. The monoisotopic (exact) mass is 304 g/mol. The summed E-state index contributed by atoms with van der Waals surface area (Å²) in [7, 11) is 0. The van der Waals surface area contributed by atoms with Crippen LogP contribution in [0, 0.1) is 39.9 Å². The summed E-state index contributed by atoms with van der Waals surface area (Å²) in [5.41, 5.74) is 0.374. The average molecular weight is 304 g/mol. The lowest BCUT2D eigenvalue weighted by Crippen LogP contribution is -2.58. The Kier molecular flexibility index (Phi) is 3.16. The van der Waals surface area contributed by atoms with Crippen LogP contribution in [0.15, 0.2) is 0 Å². The summed E-state index contributed by atoms with van der Waals surface area (Å²) < 4.78 is 0. The Balaban J connectivity index is 1.76. The van der Waals surface area contributed by atoms with Crippen molar-refractivity contribution in [3.8, 4) is 0 Å². The van der Waals surface area contributed by atoms with E-state index < -0.39 is 0 Å². The zero-order valence-electron chi connectivity index (χ0n) is 14.5. The highest BCUT2D eigenvalue weighted by Gasteiger charge is 2.67. The molecule has 0 aromatic carbocycles. The topological polar surface area (TPSA) is 37.3 Å². The van der Waals surface area contributed by atoms with Crippen LogP contribution in [0.1, 0.15) is 72.1 Å². The Labute approximate surface area is 135 Å². The number of hydrogen-bond acceptors (Lipinski definition) is 2. The van der Waals surface area contributed by atoms with Crippen LogP contribution < -0.4 is 0 Å². The third kappa shape index (κ3) is 1.63. The number of rotatable bonds is 1. The zero-order valence-corrected chi connectivity index (χ0v) is 14.5. The third-order valence-corrected chi connectivity index (χ3v) is 8.87. The van der Waals surface area contributed by atoms with Crippen LogP contribution in [0.25, 0.3) is 0 Å². The fourth-order valence-corrected chi connectivity index (χ4v) is 7.80. The number of ketones is 1. The van der Waals surface area contributed by atoms with Crippen LogP contribution in [-0.2, 0) is 4.79 Å². The van der Waals surface area contributed by atoms with Gasteiger partial charge < -0.3 is 5.11 Å². The molecule has 4 fully saturated rings. The van der Waals surface area contributed by atoms with Crippen molar-refractivity contribution in [1.82, 2.24) is 0 Å². The fraction of sp³-hybridized carbons (Fsp3) is 0.950. The molecule has 2 bridgehead atoms. The second-order valence-corrected chi connectivity index (χ2v) is 9.67. The number of aliphatic hydroxyl groups is 1. The van der Waals surface area contributed by atoms with E-state index in [1.165, 1.54) is 32.1 Å². The minimum Gasteiger partial charge on any atom is -0.396 e. The summed E-state index contributed by atoms with van der Waals surface area (Å²) >= 11 is 0. The van der Waals surface area contributed by atoms with Crippen molar-refractivity contribution in [3.05, 3.63) is 0 Å². The van der Waals surface area contributed by atoms with Crippen molar-refractivity contribution in [2.24, 2.45) is 39.9 Å². The predicted octanol–water partition coefficient (Wildman–Crippen LogP) is 4.21. The molecule has 0 aromatic heterocycles. The first kappa shape index (κ1) is 15.2. The van der Waals surface area contributed by atoms with Gasteiger partial charge in [-0.2, -0.15) is 0 Å². The normalized spacial score (nSPS) is 57.4. The number of Topliss-reactive ketones (excluding diaryl/α,β-unsaturated/α-hetero) is 1. The molecule has 0 aliphatic heterocycles. The molecule has 0 heterocycles. The second-order valence-electron chi connectivity index (χ2n) is 9.67. The number of fused-ring (bicyclic) bond motifs is 3. The van der Waals surface area contributed by atoms with Crippen LogP contribution in [-0.4, -0.2) is 17.5 Å². The lowest BCUT2D eigenvalue weighted by atomic mass is 9.41. The maximum Gasteiger partial charge on any atom is 0.142 e. The summed E-state index contributed by atoms with van der Waals surface area (Å²) in [6.45, 7) is 7.29. The Morgan fingerprint density at radius 3 is 2.59 bits per heavy atom. The molecular formula is C20H32O2. The lowest BCUT2D eigenvalue weighted by Gasteiger charge is -2.63. The maximum atomic E-state index is 13.1. The molecule has 1 N–H and O–H groups in total. The van der Waals surface area contributed by atoms with Gasteiger partial charge in [0.05, 0.1) is 0 Å². The highest BCUT2D eigenvalue weighted by Crippen LogP contribution is 2.71. The van der Waals surface area contributed by atoms with Gasteiger partial charge in [-0.05, 0) is 73.5 Å². The molecule has 1 spiro atoms. The van der Waals surface area contributed by atoms with E-state index in [0.29, 0.717) is 36.1 Å². The molecule has 0 amide bonds. The summed E-state index contributed by atoms with van der Waals surface area (Å²) in [4.78, 5) is 13.1. The zero-order chi connectivity index (χ0) is 15.8. The van der Waals surface area contributed by atoms with Gasteiger partial charge in [0, 0.05) is 17.9 Å². The van der Waals surface area contributed by atoms with Gasteiger partial charge in [-0.25, -0.2) is 0 Å². The minimum atomic E-state index is 0.0152. The molecule has 0 aromatic rings. The lowest BCUT2D eigenvalue weighted by molar-refractivity contribution is -0.169. The highest BCUT2D eigenvalue weighted by molar-refractivity contribution is 5.90. The second kappa shape index (κ2) is 4.59. The predicted molar refractivity (Wildman–Crippen MR) is 87.3 cm³/mol. The molecule has 2 heteroatoms. The number of carbonyl (C=O) groups excluding carboxylic acids is 1. The molecule has 4 rings (SSSR count). The Bertz CT molecular complexity index is 500. The SMILES string of the molecule is C[C@@H]1C(=O)[C@@]23CC[C@@H]4[C@@](C)(CO)CCC[C@@]4(C)[C@@H]2CC[C@@H]1C3. The van der Waals surface area contributed by atoms with Crippen molar-refractivity contribution in [2.75, 3.05) is 6.61 Å². The highest BCUT2D eigenvalue weighted by atomic mass is 16.3. The standard InChI is InChI=1S/C20H32O2/c1-13-14-5-6-16-19(3)9-4-8-18(2,12-21)15(19)7-10-20(16,11-14)17(13)22/h13-16,21H,4-12H2,1-3H3/t13-,14+,15+,16-,18+,19+,20+/m0/s1. The van der Waals surface area contributed by atoms with Crippen LogP contribution in [0.5, 0.6) is 0 Å². The first-order valence-corrected chi connectivity index (χ1v) is 9.53. The average Bonchev–Trinajstić information content (AvgIpc) is 2.68. The molecule has 7 atom stereocenters. The van der Waals surface area contributed by atoms with Gasteiger partial charge in [0.1, 0.15) is 5.78 Å². The van der Waals surface area contributed by atoms with E-state index in [1.807, 2.05) is 0 Å². The Hall–Kier alpha value is -0.370. The van der Waals surface area contributed by atoms with Gasteiger partial charge in [-0.1, -0.05) is 27.2 Å². The quantitative estimate of drug-likeness (QED) is 0.788. The third-order valence-electron chi connectivity index (χ3n) is 8.87. The van der Waals surface area contributed by atoms with E-state index in [2.05, 4.69) is 20.8 Å². The molecule has 4 aliphatic carbocycles. The molecule has 4 aliphatic rings. The first-order valence-electron chi connectivity index (χ1n) is 9.53. The van der Waals surface area contributed by atoms with Gasteiger partial charge in [0.2, 0.25) is 0 Å². The van der Waals surface area contributed by atoms with E-state index in [9.17, 15) is 9.90 Å².